The van der Waals surface area contributed by atoms with Crippen LogP contribution in [0, 0.1) is 19.8 Å². The number of ether oxygens (including phenoxy) is 1. The van der Waals surface area contributed by atoms with Gasteiger partial charge in [-0.3, -0.25) is 9.69 Å². The molecule has 1 unspecified atom stereocenters. The van der Waals surface area contributed by atoms with E-state index in [1.807, 2.05) is 26.1 Å². The molecule has 6 heteroatoms. The van der Waals surface area contributed by atoms with Gasteiger partial charge >= 0.3 is 0 Å². The Morgan fingerprint density at radius 1 is 1.23 bits per heavy atom. The Balaban J connectivity index is 1.27. The van der Waals surface area contributed by atoms with Crippen molar-refractivity contribution in [1.29, 1.82) is 0 Å². The van der Waals surface area contributed by atoms with E-state index in [-0.39, 0.29) is 11.7 Å². The van der Waals surface area contributed by atoms with Gasteiger partial charge in [0.2, 0.25) is 11.4 Å². The van der Waals surface area contributed by atoms with E-state index in [1.165, 1.54) is 24.0 Å². The summed E-state index contributed by atoms with van der Waals surface area (Å²) in [7, 11) is 0. The van der Waals surface area contributed by atoms with Gasteiger partial charge in [-0.25, -0.2) is 4.98 Å². The summed E-state index contributed by atoms with van der Waals surface area (Å²) in [6.45, 7) is 7.13. The number of likely N-dealkylation sites (tertiary alicyclic amines) is 1. The number of pyridine rings is 1. The van der Waals surface area contributed by atoms with Crippen LogP contribution < -0.4 is 10.3 Å². The van der Waals surface area contributed by atoms with Crippen molar-refractivity contribution in [1.82, 2.24) is 19.9 Å². The standard InChI is InChI=1S/C20H26N4O2/c1-13-18-10-17(26-20(18)23-14(2)22-13)12-24-7-5-15(6-8-24)9-16-3-4-19(25)21-11-16/h3-4,11,15,17H,5-10,12H2,1-2H3,(H,21,25). The maximum Gasteiger partial charge on any atom is 0.247 e. The molecule has 0 aromatic carbocycles. The molecule has 2 aromatic heterocycles. The minimum absolute atomic E-state index is 0.0313. The zero-order valence-electron chi connectivity index (χ0n) is 15.5. The molecule has 138 valence electrons. The number of nitrogens with one attached hydrogen (secondary N) is 1. The molecule has 0 bridgehead atoms. The topological polar surface area (TPSA) is 71.1 Å². The fourth-order valence-corrected chi connectivity index (χ4v) is 4.13. The zero-order valence-corrected chi connectivity index (χ0v) is 15.5. The molecule has 0 spiro atoms. The number of piperidine rings is 1. The van der Waals surface area contributed by atoms with Crippen LogP contribution in [0.4, 0.5) is 0 Å². The molecule has 0 radical (unpaired) electrons. The molecule has 0 saturated carbocycles. The van der Waals surface area contributed by atoms with E-state index in [2.05, 4.69) is 19.9 Å². The molecule has 2 aliphatic rings. The van der Waals surface area contributed by atoms with Crippen LogP contribution in [0.3, 0.4) is 0 Å². The van der Waals surface area contributed by atoms with Gasteiger partial charge in [0.15, 0.2) is 0 Å². The molecule has 2 aliphatic heterocycles. The highest BCUT2D eigenvalue weighted by molar-refractivity contribution is 5.34. The molecule has 6 nitrogen and oxygen atoms in total. The number of hydrogen-bond acceptors (Lipinski definition) is 5. The minimum Gasteiger partial charge on any atom is -0.472 e. The van der Waals surface area contributed by atoms with Gasteiger partial charge in [0, 0.05) is 36.5 Å². The number of aryl methyl sites for hydroxylation is 2. The molecular formula is C20H26N4O2. The van der Waals surface area contributed by atoms with Crippen molar-refractivity contribution in [2.75, 3.05) is 19.6 Å². The molecule has 1 N–H and O–H groups in total. The van der Waals surface area contributed by atoms with E-state index >= 15 is 0 Å². The Hall–Kier alpha value is -2.21. The maximum absolute atomic E-state index is 11.2. The molecule has 4 rings (SSSR count). The molecule has 4 heterocycles. The number of rotatable bonds is 4. The first-order valence-corrected chi connectivity index (χ1v) is 9.47. The second kappa shape index (κ2) is 7.19. The van der Waals surface area contributed by atoms with Crippen molar-refractivity contribution in [3.8, 4) is 5.88 Å². The van der Waals surface area contributed by atoms with Gasteiger partial charge in [-0.1, -0.05) is 6.07 Å². The van der Waals surface area contributed by atoms with Crippen molar-refractivity contribution < 1.29 is 4.74 Å². The van der Waals surface area contributed by atoms with Crippen molar-refractivity contribution in [2.45, 2.75) is 45.6 Å². The zero-order chi connectivity index (χ0) is 18.1. The summed E-state index contributed by atoms with van der Waals surface area (Å²) in [5.74, 6) is 2.26. The first-order valence-electron chi connectivity index (χ1n) is 9.47. The van der Waals surface area contributed by atoms with Gasteiger partial charge in [-0.2, -0.15) is 4.98 Å². The average Bonchev–Trinajstić information content (AvgIpc) is 3.01. The summed E-state index contributed by atoms with van der Waals surface area (Å²) in [5, 5.41) is 0. The smallest absolute Gasteiger partial charge is 0.247 e. The lowest BCUT2D eigenvalue weighted by Crippen LogP contribution is -2.40. The highest BCUT2D eigenvalue weighted by atomic mass is 16.5. The highest BCUT2D eigenvalue weighted by Gasteiger charge is 2.30. The van der Waals surface area contributed by atoms with Crippen LogP contribution in [0.2, 0.25) is 0 Å². The molecule has 0 aliphatic carbocycles. The van der Waals surface area contributed by atoms with E-state index in [9.17, 15) is 4.79 Å². The lowest BCUT2D eigenvalue weighted by molar-refractivity contribution is 0.114. The van der Waals surface area contributed by atoms with Crippen LogP contribution in [-0.4, -0.2) is 45.6 Å². The fraction of sp³-hybridized carbons (Fsp3) is 0.550. The quantitative estimate of drug-likeness (QED) is 0.910. The summed E-state index contributed by atoms with van der Waals surface area (Å²) in [4.78, 5) is 25.3. The van der Waals surface area contributed by atoms with Crippen LogP contribution in [0.1, 0.15) is 35.5 Å². The lowest BCUT2D eigenvalue weighted by Gasteiger charge is -2.33. The van der Waals surface area contributed by atoms with Gasteiger partial charge in [0.1, 0.15) is 11.9 Å². The Labute approximate surface area is 153 Å². The number of hydrogen-bond donors (Lipinski definition) is 1. The predicted molar refractivity (Wildman–Crippen MR) is 99.6 cm³/mol. The van der Waals surface area contributed by atoms with Crippen LogP contribution in [0.5, 0.6) is 5.88 Å². The van der Waals surface area contributed by atoms with Gasteiger partial charge in [0.25, 0.3) is 0 Å². The minimum atomic E-state index is -0.0313. The van der Waals surface area contributed by atoms with Crippen molar-refractivity contribution >= 4 is 0 Å². The molecular weight excluding hydrogens is 328 g/mol. The first-order chi connectivity index (χ1) is 12.6. The van der Waals surface area contributed by atoms with E-state index in [0.717, 1.165) is 49.9 Å². The molecule has 0 amide bonds. The molecule has 1 atom stereocenters. The van der Waals surface area contributed by atoms with Gasteiger partial charge in [-0.15, -0.1) is 0 Å². The van der Waals surface area contributed by atoms with E-state index in [4.69, 9.17) is 4.74 Å². The molecule has 2 aromatic rings. The van der Waals surface area contributed by atoms with Crippen LogP contribution >= 0.6 is 0 Å². The molecule has 1 fully saturated rings. The van der Waals surface area contributed by atoms with E-state index in [1.54, 1.807) is 6.07 Å². The Bertz CT molecular complexity index is 820. The Morgan fingerprint density at radius 2 is 2.04 bits per heavy atom. The summed E-state index contributed by atoms with van der Waals surface area (Å²) in [6.07, 6.45) is 6.38. The Kier molecular flexibility index (Phi) is 4.76. The monoisotopic (exact) mass is 354 g/mol. The Morgan fingerprint density at radius 3 is 2.77 bits per heavy atom. The third-order valence-electron chi connectivity index (χ3n) is 5.54. The highest BCUT2D eigenvalue weighted by Crippen LogP contribution is 2.30. The molecule has 26 heavy (non-hydrogen) atoms. The number of nitrogens with zero attached hydrogens (tertiary/aromatic N) is 3. The fourth-order valence-electron chi connectivity index (χ4n) is 4.13. The third kappa shape index (κ3) is 3.80. The second-order valence-electron chi connectivity index (χ2n) is 7.59. The summed E-state index contributed by atoms with van der Waals surface area (Å²) in [6, 6.07) is 3.56. The molecule has 1 saturated heterocycles. The number of aromatic amines is 1. The van der Waals surface area contributed by atoms with Crippen LogP contribution in [0.25, 0.3) is 0 Å². The maximum atomic E-state index is 11.2. The van der Waals surface area contributed by atoms with Gasteiger partial charge in [0.05, 0.1) is 0 Å². The lowest BCUT2D eigenvalue weighted by atomic mass is 9.90. The van der Waals surface area contributed by atoms with Crippen LogP contribution in [0.15, 0.2) is 23.1 Å². The van der Waals surface area contributed by atoms with Crippen LogP contribution in [-0.2, 0) is 12.8 Å². The average molecular weight is 354 g/mol. The normalized spacial score (nSPS) is 20.8. The van der Waals surface area contributed by atoms with Gasteiger partial charge in [-0.05, 0) is 57.7 Å². The van der Waals surface area contributed by atoms with Crippen molar-refractivity contribution in [3.05, 3.63) is 51.3 Å². The van der Waals surface area contributed by atoms with Crippen molar-refractivity contribution in [3.63, 3.8) is 0 Å². The summed E-state index contributed by atoms with van der Waals surface area (Å²) in [5.41, 5.74) is 3.42. The van der Waals surface area contributed by atoms with E-state index in [0.29, 0.717) is 5.92 Å². The third-order valence-corrected chi connectivity index (χ3v) is 5.54. The summed E-state index contributed by atoms with van der Waals surface area (Å²) >= 11 is 0. The second-order valence-corrected chi connectivity index (χ2v) is 7.59. The first kappa shape index (κ1) is 17.2. The van der Waals surface area contributed by atoms with E-state index < -0.39 is 0 Å². The number of fused-ring (bicyclic) bond motifs is 1. The number of H-pyrrole nitrogens is 1. The van der Waals surface area contributed by atoms with Gasteiger partial charge < -0.3 is 9.72 Å². The largest absolute Gasteiger partial charge is 0.472 e. The summed E-state index contributed by atoms with van der Waals surface area (Å²) < 4.78 is 6.08. The number of aromatic nitrogens is 3. The predicted octanol–water partition coefficient (Wildman–Crippen LogP) is 2.04. The van der Waals surface area contributed by atoms with Crippen molar-refractivity contribution in [2.24, 2.45) is 5.92 Å². The SMILES string of the molecule is Cc1nc(C)c2c(n1)OC(CN1CCC(Cc3ccc(=O)[nH]c3)CC1)C2.